The van der Waals surface area contributed by atoms with E-state index in [9.17, 15) is 0 Å². The first-order valence-electron chi connectivity index (χ1n) is 7.24. The Morgan fingerprint density at radius 2 is 1.70 bits per heavy atom. The quantitative estimate of drug-likeness (QED) is 0.836. The molecule has 2 heteroatoms. The van der Waals surface area contributed by atoms with Gasteiger partial charge in [-0.15, -0.1) is 0 Å². The Labute approximate surface area is 121 Å². The van der Waals surface area contributed by atoms with Crippen molar-refractivity contribution in [2.45, 2.75) is 33.2 Å². The van der Waals surface area contributed by atoms with Crippen LogP contribution in [0.2, 0.25) is 0 Å². The van der Waals surface area contributed by atoms with Crippen molar-refractivity contribution >= 4 is 0 Å². The number of ether oxygens (including phenoxy) is 1. The van der Waals surface area contributed by atoms with E-state index in [1.54, 1.807) is 0 Å². The van der Waals surface area contributed by atoms with E-state index in [1.807, 2.05) is 25.2 Å². The molecule has 1 N–H and O–H groups in total. The molecule has 2 aromatic rings. The molecule has 0 saturated heterocycles. The summed E-state index contributed by atoms with van der Waals surface area (Å²) in [4.78, 5) is 0. The minimum absolute atomic E-state index is 0.882. The zero-order valence-corrected chi connectivity index (χ0v) is 12.6. The molecule has 0 radical (unpaired) electrons. The van der Waals surface area contributed by atoms with Crippen molar-refractivity contribution in [1.29, 1.82) is 0 Å². The van der Waals surface area contributed by atoms with Gasteiger partial charge in [0.1, 0.15) is 11.5 Å². The van der Waals surface area contributed by atoms with E-state index in [1.165, 1.54) is 17.5 Å². The van der Waals surface area contributed by atoms with Crippen LogP contribution in [0.15, 0.2) is 42.5 Å². The Morgan fingerprint density at radius 1 is 1.00 bits per heavy atom. The van der Waals surface area contributed by atoms with Gasteiger partial charge in [-0.3, -0.25) is 0 Å². The first-order chi connectivity index (χ1) is 9.72. The minimum Gasteiger partial charge on any atom is -0.457 e. The molecule has 0 fully saturated rings. The van der Waals surface area contributed by atoms with E-state index in [2.05, 4.69) is 43.4 Å². The van der Waals surface area contributed by atoms with Gasteiger partial charge in [0.15, 0.2) is 0 Å². The van der Waals surface area contributed by atoms with Crippen molar-refractivity contribution in [3.05, 3.63) is 59.2 Å². The molecule has 0 aromatic heterocycles. The molecule has 2 rings (SSSR count). The molecule has 2 nitrogen and oxygen atoms in total. The van der Waals surface area contributed by atoms with Crippen LogP contribution < -0.4 is 10.1 Å². The van der Waals surface area contributed by atoms with Crippen LogP contribution in [0.25, 0.3) is 0 Å². The van der Waals surface area contributed by atoms with Crippen LogP contribution in [-0.2, 0) is 13.0 Å². The SMILES string of the molecule is CCCc1ccc(Oc2ccc(CNC)cc2C)cc1. The van der Waals surface area contributed by atoms with Crippen molar-refractivity contribution in [2.75, 3.05) is 7.05 Å². The van der Waals surface area contributed by atoms with Crippen LogP contribution in [0.1, 0.15) is 30.0 Å². The van der Waals surface area contributed by atoms with Crippen LogP contribution in [0.4, 0.5) is 0 Å². The molecule has 2 aromatic carbocycles. The minimum atomic E-state index is 0.882. The Balaban J connectivity index is 2.09. The topological polar surface area (TPSA) is 21.3 Å². The molecule has 0 amide bonds. The van der Waals surface area contributed by atoms with Crippen molar-refractivity contribution in [3.8, 4) is 11.5 Å². The molecular formula is C18H23NO. The second-order valence-electron chi connectivity index (χ2n) is 5.13. The summed E-state index contributed by atoms with van der Waals surface area (Å²) in [6.45, 7) is 5.16. The van der Waals surface area contributed by atoms with Gasteiger partial charge in [0, 0.05) is 6.54 Å². The van der Waals surface area contributed by atoms with Gasteiger partial charge >= 0.3 is 0 Å². The summed E-state index contributed by atoms with van der Waals surface area (Å²) in [5.41, 5.74) is 3.80. The van der Waals surface area contributed by atoms with E-state index in [0.29, 0.717) is 0 Å². The van der Waals surface area contributed by atoms with Crippen molar-refractivity contribution in [2.24, 2.45) is 0 Å². The van der Waals surface area contributed by atoms with E-state index < -0.39 is 0 Å². The highest BCUT2D eigenvalue weighted by Gasteiger charge is 2.03. The lowest BCUT2D eigenvalue weighted by atomic mass is 10.1. The third kappa shape index (κ3) is 3.84. The lowest BCUT2D eigenvalue weighted by Crippen LogP contribution is -2.05. The van der Waals surface area contributed by atoms with Crippen molar-refractivity contribution in [3.63, 3.8) is 0 Å². The van der Waals surface area contributed by atoms with Crippen molar-refractivity contribution < 1.29 is 4.74 Å². The lowest BCUT2D eigenvalue weighted by Gasteiger charge is -2.11. The fraction of sp³-hybridized carbons (Fsp3) is 0.333. The number of benzene rings is 2. The Morgan fingerprint density at radius 3 is 2.30 bits per heavy atom. The predicted molar refractivity (Wildman–Crippen MR) is 84.5 cm³/mol. The summed E-state index contributed by atoms with van der Waals surface area (Å²) in [6.07, 6.45) is 2.30. The van der Waals surface area contributed by atoms with Crippen LogP contribution in [-0.4, -0.2) is 7.05 Å². The lowest BCUT2D eigenvalue weighted by molar-refractivity contribution is 0.478. The zero-order chi connectivity index (χ0) is 14.4. The van der Waals surface area contributed by atoms with Crippen LogP contribution in [0.5, 0.6) is 11.5 Å². The summed E-state index contributed by atoms with van der Waals surface area (Å²) < 4.78 is 5.95. The van der Waals surface area contributed by atoms with Gasteiger partial charge < -0.3 is 10.1 Å². The Kier molecular flexibility index (Phi) is 5.19. The standard InChI is InChI=1S/C18H23NO/c1-4-5-15-6-9-17(10-7-15)20-18-11-8-16(13-19-3)12-14(18)2/h6-12,19H,4-5,13H2,1-3H3. The molecule has 0 unspecified atom stereocenters. The summed E-state index contributed by atoms with van der Waals surface area (Å²) in [7, 11) is 1.96. The van der Waals surface area contributed by atoms with Crippen molar-refractivity contribution in [1.82, 2.24) is 5.32 Å². The molecule has 0 heterocycles. The molecule has 0 aliphatic carbocycles. The van der Waals surface area contributed by atoms with Gasteiger partial charge in [-0.1, -0.05) is 37.6 Å². The average molecular weight is 269 g/mol. The normalized spacial score (nSPS) is 10.6. The van der Waals surface area contributed by atoms with E-state index >= 15 is 0 Å². The molecule has 0 bridgehead atoms. The fourth-order valence-electron chi connectivity index (χ4n) is 2.28. The largest absolute Gasteiger partial charge is 0.457 e. The molecule has 0 aliphatic heterocycles. The van der Waals surface area contributed by atoms with Crippen LogP contribution in [0.3, 0.4) is 0 Å². The second kappa shape index (κ2) is 7.11. The summed E-state index contributed by atoms with van der Waals surface area (Å²) in [5.74, 6) is 1.82. The van der Waals surface area contributed by atoms with E-state index in [0.717, 1.165) is 30.0 Å². The van der Waals surface area contributed by atoms with Crippen LogP contribution >= 0.6 is 0 Å². The maximum atomic E-state index is 5.95. The summed E-state index contributed by atoms with van der Waals surface area (Å²) in [6, 6.07) is 14.7. The Bertz CT molecular complexity index is 546. The number of nitrogens with one attached hydrogen (secondary N) is 1. The molecule has 106 valence electrons. The molecule has 0 saturated carbocycles. The molecule has 20 heavy (non-hydrogen) atoms. The third-order valence-corrected chi connectivity index (χ3v) is 3.31. The summed E-state index contributed by atoms with van der Waals surface area (Å²) in [5, 5.41) is 3.16. The van der Waals surface area contributed by atoms with E-state index in [4.69, 9.17) is 4.74 Å². The van der Waals surface area contributed by atoms with Gasteiger partial charge in [-0.2, -0.15) is 0 Å². The molecular weight excluding hydrogens is 246 g/mol. The first kappa shape index (κ1) is 14.6. The number of rotatable bonds is 6. The Hall–Kier alpha value is -1.80. The maximum absolute atomic E-state index is 5.95. The predicted octanol–water partition coefficient (Wildman–Crippen LogP) is 4.46. The van der Waals surface area contributed by atoms with Crippen LogP contribution in [0, 0.1) is 6.92 Å². The smallest absolute Gasteiger partial charge is 0.130 e. The van der Waals surface area contributed by atoms with Gasteiger partial charge in [0.05, 0.1) is 0 Å². The monoisotopic (exact) mass is 269 g/mol. The van der Waals surface area contributed by atoms with Gasteiger partial charge in [-0.25, -0.2) is 0 Å². The van der Waals surface area contributed by atoms with E-state index in [-0.39, 0.29) is 0 Å². The molecule has 0 atom stereocenters. The average Bonchev–Trinajstić information content (AvgIpc) is 2.44. The van der Waals surface area contributed by atoms with Gasteiger partial charge in [-0.05, 0) is 55.3 Å². The van der Waals surface area contributed by atoms with Gasteiger partial charge in [0.25, 0.3) is 0 Å². The highest BCUT2D eigenvalue weighted by atomic mass is 16.5. The highest BCUT2D eigenvalue weighted by molar-refractivity contribution is 5.40. The maximum Gasteiger partial charge on any atom is 0.130 e. The third-order valence-electron chi connectivity index (χ3n) is 3.31. The van der Waals surface area contributed by atoms with Gasteiger partial charge in [0.2, 0.25) is 0 Å². The number of aryl methyl sites for hydroxylation is 2. The highest BCUT2D eigenvalue weighted by Crippen LogP contribution is 2.26. The zero-order valence-electron chi connectivity index (χ0n) is 12.6. The number of hydrogen-bond acceptors (Lipinski definition) is 2. The first-order valence-corrected chi connectivity index (χ1v) is 7.24. The molecule has 0 spiro atoms. The second-order valence-corrected chi connectivity index (χ2v) is 5.13. The summed E-state index contributed by atoms with van der Waals surface area (Å²) >= 11 is 0. The molecule has 0 aliphatic rings. The number of hydrogen-bond donors (Lipinski definition) is 1. The fourth-order valence-corrected chi connectivity index (χ4v) is 2.28.